The predicted molar refractivity (Wildman–Crippen MR) is 95.6 cm³/mol. The molecular formula is C20H19N3O2. The molecule has 1 aromatic carbocycles. The van der Waals surface area contributed by atoms with E-state index in [9.17, 15) is 0 Å². The minimum Gasteiger partial charge on any atom is -0.470 e. The second-order valence-electron chi connectivity index (χ2n) is 6.06. The minimum absolute atomic E-state index is 0.457. The third-order valence-electron chi connectivity index (χ3n) is 4.53. The third-order valence-corrected chi connectivity index (χ3v) is 4.53. The number of hydrogen-bond donors (Lipinski definition) is 0. The second kappa shape index (κ2) is 6.43. The van der Waals surface area contributed by atoms with Crippen LogP contribution in [0, 0.1) is 13.8 Å². The molecule has 0 fully saturated rings. The fourth-order valence-electron chi connectivity index (χ4n) is 3.04. The zero-order valence-electron chi connectivity index (χ0n) is 14.3. The number of fused-ring (bicyclic) bond motifs is 1. The fraction of sp³-hybridized carbons (Fsp3) is 0.200. The Balaban J connectivity index is 1.75. The third kappa shape index (κ3) is 2.89. The van der Waals surface area contributed by atoms with E-state index in [-0.39, 0.29) is 0 Å². The van der Waals surface area contributed by atoms with Gasteiger partial charge in [0, 0.05) is 11.1 Å². The molecule has 4 aromatic rings. The van der Waals surface area contributed by atoms with E-state index >= 15 is 0 Å². The molecule has 0 amide bonds. The predicted octanol–water partition coefficient (Wildman–Crippen LogP) is 4.27. The zero-order valence-corrected chi connectivity index (χ0v) is 14.3. The number of benzene rings is 1. The van der Waals surface area contributed by atoms with Crippen LogP contribution < -0.4 is 4.74 Å². The van der Waals surface area contributed by atoms with Crippen molar-refractivity contribution >= 4 is 10.9 Å². The molecule has 0 saturated heterocycles. The highest BCUT2D eigenvalue weighted by atomic mass is 16.5. The van der Waals surface area contributed by atoms with Gasteiger partial charge in [0.2, 0.25) is 0 Å². The van der Waals surface area contributed by atoms with Crippen LogP contribution in [-0.2, 0) is 13.2 Å². The van der Waals surface area contributed by atoms with Gasteiger partial charge in [-0.05, 0) is 37.1 Å². The monoisotopic (exact) mass is 333 g/mol. The second-order valence-corrected chi connectivity index (χ2v) is 6.06. The van der Waals surface area contributed by atoms with Crippen LogP contribution in [0.3, 0.4) is 0 Å². The van der Waals surface area contributed by atoms with Gasteiger partial charge in [0.1, 0.15) is 17.9 Å². The molecule has 0 aliphatic carbocycles. The van der Waals surface area contributed by atoms with Gasteiger partial charge in [-0.2, -0.15) is 5.10 Å². The van der Waals surface area contributed by atoms with Gasteiger partial charge < -0.3 is 13.7 Å². The Hall–Kier alpha value is -3.08. The Bertz CT molecular complexity index is 989. The summed E-state index contributed by atoms with van der Waals surface area (Å²) in [6, 6.07) is 13.9. The summed E-state index contributed by atoms with van der Waals surface area (Å²) in [6.45, 7) is 5.29. The van der Waals surface area contributed by atoms with E-state index in [0.717, 1.165) is 27.9 Å². The lowest BCUT2D eigenvalue weighted by molar-refractivity contribution is 0.293. The highest BCUT2D eigenvalue weighted by molar-refractivity contribution is 5.88. The van der Waals surface area contributed by atoms with E-state index in [0.29, 0.717) is 19.0 Å². The zero-order chi connectivity index (χ0) is 17.2. The Labute approximate surface area is 145 Å². The number of aryl methyl sites for hydroxylation is 1. The van der Waals surface area contributed by atoms with Crippen molar-refractivity contribution in [2.75, 3.05) is 0 Å². The molecule has 0 bridgehead atoms. The fourth-order valence-corrected chi connectivity index (χ4v) is 3.04. The molecule has 0 spiro atoms. The van der Waals surface area contributed by atoms with Gasteiger partial charge in [-0.3, -0.25) is 0 Å². The summed E-state index contributed by atoms with van der Waals surface area (Å²) in [6.07, 6.45) is 3.49. The van der Waals surface area contributed by atoms with Crippen molar-refractivity contribution in [3.05, 3.63) is 77.5 Å². The number of nitrogens with zero attached hydrogens (tertiary/aromatic N) is 3. The lowest BCUT2D eigenvalue weighted by atomic mass is 10.2. The molecule has 0 N–H and O–H groups in total. The lowest BCUT2D eigenvalue weighted by Gasteiger charge is -2.10. The van der Waals surface area contributed by atoms with Crippen molar-refractivity contribution in [3.63, 3.8) is 0 Å². The maximum Gasteiger partial charge on any atom is 0.258 e. The maximum absolute atomic E-state index is 6.01. The first-order valence-corrected chi connectivity index (χ1v) is 8.24. The summed E-state index contributed by atoms with van der Waals surface area (Å²) in [5, 5.41) is 9.43. The molecule has 0 aliphatic rings. The Kier molecular flexibility index (Phi) is 3.98. The summed E-state index contributed by atoms with van der Waals surface area (Å²) < 4.78 is 13.7. The first-order chi connectivity index (χ1) is 12.2. The molecule has 3 heterocycles. The van der Waals surface area contributed by atoms with Crippen molar-refractivity contribution < 1.29 is 9.15 Å². The standard InChI is InChI=1S/C20H19N3O2/c1-14-15(2)23(12-17-9-6-10-24-17)19-18(14)11-21-22-20(19)25-13-16-7-4-3-5-8-16/h3-11H,12-13H2,1-2H3. The van der Waals surface area contributed by atoms with Crippen LogP contribution in [0.25, 0.3) is 10.9 Å². The van der Waals surface area contributed by atoms with Crippen molar-refractivity contribution in [2.45, 2.75) is 27.0 Å². The van der Waals surface area contributed by atoms with Gasteiger partial charge in [0.05, 0.1) is 19.0 Å². The van der Waals surface area contributed by atoms with E-state index in [1.54, 1.807) is 12.5 Å². The summed E-state index contributed by atoms with van der Waals surface area (Å²) in [7, 11) is 0. The smallest absolute Gasteiger partial charge is 0.258 e. The molecule has 5 heteroatoms. The minimum atomic E-state index is 0.457. The van der Waals surface area contributed by atoms with E-state index in [2.05, 4.69) is 28.6 Å². The largest absolute Gasteiger partial charge is 0.470 e. The first-order valence-electron chi connectivity index (χ1n) is 8.24. The van der Waals surface area contributed by atoms with Crippen molar-refractivity contribution in [3.8, 4) is 5.88 Å². The number of furan rings is 1. The van der Waals surface area contributed by atoms with Gasteiger partial charge in [-0.15, -0.1) is 5.10 Å². The molecule has 126 valence electrons. The summed E-state index contributed by atoms with van der Waals surface area (Å²) in [5.74, 6) is 1.44. The number of rotatable bonds is 5. The Morgan fingerprint density at radius 1 is 1.08 bits per heavy atom. The van der Waals surface area contributed by atoms with Crippen LogP contribution in [0.15, 0.2) is 59.3 Å². The average molecular weight is 333 g/mol. The van der Waals surface area contributed by atoms with Crippen LogP contribution in [0.2, 0.25) is 0 Å². The van der Waals surface area contributed by atoms with Crippen LogP contribution >= 0.6 is 0 Å². The molecule has 0 aliphatic heterocycles. The van der Waals surface area contributed by atoms with E-state index in [4.69, 9.17) is 9.15 Å². The molecule has 5 nitrogen and oxygen atoms in total. The van der Waals surface area contributed by atoms with Gasteiger partial charge in [0.15, 0.2) is 0 Å². The first kappa shape index (κ1) is 15.4. The Morgan fingerprint density at radius 3 is 2.68 bits per heavy atom. The van der Waals surface area contributed by atoms with Crippen LogP contribution in [-0.4, -0.2) is 14.8 Å². The van der Waals surface area contributed by atoms with Crippen molar-refractivity contribution in [2.24, 2.45) is 0 Å². The number of aromatic nitrogens is 3. The highest BCUT2D eigenvalue weighted by Crippen LogP contribution is 2.31. The van der Waals surface area contributed by atoms with Gasteiger partial charge in [0.25, 0.3) is 5.88 Å². The molecule has 3 aromatic heterocycles. The molecule has 0 saturated carbocycles. The van der Waals surface area contributed by atoms with Gasteiger partial charge in [-0.25, -0.2) is 0 Å². The molecule has 25 heavy (non-hydrogen) atoms. The van der Waals surface area contributed by atoms with Crippen LogP contribution in [0.5, 0.6) is 5.88 Å². The van der Waals surface area contributed by atoms with E-state index in [1.165, 1.54) is 5.56 Å². The summed E-state index contributed by atoms with van der Waals surface area (Å²) in [4.78, 5) is 0. The van der Waals surface area contributed by atoms with Crippen molar-refractivity contribution in [1.82, 2.24) is 14.8 Å². The molecule has 0 unspecified atom stereocenters. The molecule has 4 rings (SSSR count). The summed E-state index contributed by atoms with van der Waals surface area (Å²) in [5.41, 5.74) is 4.39. The lowest BCUT2D eigenvalue weighted by Crippen LogP contribution is -2.05. The topological polar surface area (TPSA) is 53.1 Å². The highest BCUT2D eigenvalue weighted by Gasteiger charge is 2.18. The Morgan fingerprint density at radius 2 is 1.92 bits per heavy atom. The van der Waals surface area contributed by atoms with Crippen LogP contribution in [0.1, 0.15) is 22.6 Å². The average Bonchev–Trinajstić information content (AvgIpc) is 3.24. The van der Waals surface area contributed by atoms with Gasteiger partial charge >= 0.3 is 0 Å². The number of hydrogen-bond acceptors (Lipinski definition) is 4. The van der Waals surface area contributed by atoms with E-state index in [1.807, 2.05) is 42.5 Å². The molecular weight excluding hydrogens is 314 g/mol. The van der Waals surface area contributed by atoms with Crippen LogP contribution in [0.4, 0.5) is 0 Å². The quantitative estimate of drug-likeness (QED) is 0.547. The number of ether oxygens (including phenoxy) is 1. The summed E-state index contributed by atoms with van der Waals surface area (Å²) >= 11 is 0. The maximum atomic E-state index is 6.01. The SMILES string of the molecule is Cc1c(C)n(Cc2ccco2)c2c(OCc3ccccc3)nncc12. The van der Waals surface area contributed by atoms with E-state index < -0.39 is 0 Å². The molecule has 0 radical (unpaired) electrons. The van der Waals surface area contributed by atoms with Crippen molar-refractivity contribution in [1.29, 1.82) is 0 Å². The normalized spacial score (nSPS) is 11.1. The molecule has 0 atom stereocenters. The van der Waals surface area contributed by atoms with Gasteiger partial charge in [-0.1, -0.05) is 30.3 Å².